The van der Waals surface area contributed by atoms with Crippen LogP contribution < -0.4 is 15.4 Å². The van der Waals surface area contributed by atoms with E-state index in [1.165, 1.54) is 38.2 Å². The molecule has 27 heavy (non-hydrogen) atoms. The van der Waals surface area contributed by atoms with E-state index in [0.717, 1.165) is 50.7 Å². The van der Waals surface area contributed by atoms with Crippen molar-refractivity contribution in [3.8, 4) is 5.75 Å². The van der Waals surface area contributed by atoms with Crippen LogP contribution in [0.25, 0.3) is 0 Å². The van der Waals surface area contributed by atoms with Gasteiger partial charge in [0.05, 0.1) is 7.11 Å². The maximum absolute atomic E-state index is 5.42. The summed E-state index contributed by atoms with van der Waals surface area (Å²) in [6.07, 6.45) is 3.29. The van der Waals surface area contributed by atoms with Gasteiger partial charge < -0.3 is 25.2 Å². The van der Waals surface area contributed by atoms with Crippen LogP contribution in [0.1, 0.15) is 25.3 Å². The molecule has 1 aliphatic heterocycles. The van der Waals surface area contributed by atoms with Gasteiger partial charge in [-0.3, -0.25) is 4.99 Å². The third-order valence-corrected chi connectivity index (χ3v) is 4.94. The molecule has 1 aliphatic rings. The van der Waals surface area contributed by atoms with Crippen molar-refractivity contribution < 1.29 is 4.74 Å². The highest BCUT2D eigenvalue weighted by Gasteiger charge is 2.11. The van der Waals surface area contributed by atoms with Gasteiger partial charge in [0.1, 0.15) is 5.75 Å². The van der Waals surface area contributed by atoms with Crippen LogP contribution in [0.5, 0.6) is 5.75 Å². The second kappa shape index (κ2) is 12.6. The lowest BCUT2D eigenvalue weighted by Crippen LogP contribution is -2.38. The Morgan fingerprint density at radius 3 is 2.81 bits per heavy atom. The number of aliphatic imine (C=N–C) groups is 1. The standard InChI is InChI=1S/C21H37N5O/c1-4-22-21(24-13-11-19-9-5-6-10-20(19)27-3)23-12-7-15-26-16-8-14-25(2)17-18-26/h5-6,9-10H,4,7-8,11-18H2,1-3H3,(H2,22,23,24). The van der Waals surface area contributed by atoms with Crippen LogP contribution in [0.15, 0.2) is 29.3 Å². The lowest BCUT2D eigenvalue weighted by atomic mass is 10.1. The van der Waals surface area contributed by atoms with Crippen LogP contribution in [0.3, 0.4) is 0 Å². The molecule has 0 aliphatic carbocycles. The molecule has 1 saturated heterocycles. The Morgan fingerprint density at radius 2 is 2.00 bits per heavy atom. The molecule has 0 saturated carbocycles. The number of hydrogen-bond donors (Lipinski definition) is 2. The fourth-order valence-corrected chi connectivity index (χ4v) is 3.38. The second-order valence-corrected chi connectivity index (χ2v) is 7.10. The average molecular weight is 376 g/mol. The van der Waals surface area contributed by atoms with Gasteiger partial charge in [0.15, 0.2) is 5.96 Å². The molecule has 0 unspecified atom stereocenters. The van der Waals surface area contributed by atoms with Crippen molar-refractivity contribution in [2.24, 2.45) is 4.99 Å². The second-order valence-electron chi connectivity index (χ2n) is 7.10. The van der Waals surface area contributed by atoms with Gasteiger partial charge in [-0.2, -0.15) is 0 Å². The summed E-state index contributed by atoms with van der Waals surface area (Å²) < 4.78 is 5.42. The van der Waals surface area contributed by atoms with E-state index < -0.39 is 0 Å². The zero-order valence-electron chi connectivity index (χ0n) is 17.3. The number of hydrogen-bond acceptors (Lipinski definition) is 4. The molecule has 0 aromatic heterocycles. The van der Waals surface area contributed by atoms with Crippen molar-refractivity contribution in [3.05, 3.63) is 29.8 Å². The monoisotopic (exact) mass is 375 g/mol. The van der Waals surface area contributed by atoms with Crippen LogP contribution in [-0.4, -0.2) is 82.3 Å². The fourth-order valence-electron chi connectivity index (χ4n) is 3.38. The van der Waals surface area contributed by atoms with Gasteiger partial charge in [-0.05, 0) is 64.5 Å². The third-order valence-electron chi connectivity index (χ3n) is 4.94. The average Bonchev–Trinajstić information content (AvgIpc) is 2.89. The van der Waals surface area contributed by atoms with Crippen molar-refractivity contribution in [1.29, 1.82) is 0 Å². The predicted molar refractivity (Wildman–Crippen MR) is 114 cm³/mol. The highest BCUT2D eigenvalue weighted by Crippen LogP contribution is 2.17. The maximum Gasteiger partial charge on any atom is 0.191 e. The largest absolute Gasteiger partial charge is 0.496 e. The molecule has 6 heteroatoms. The highest BCUT2D eigenvalue weighted by atomic mass is 16.5. The van der Waals surface area contributed by atoms with E-state index in [1.807, 2.05) is 12.1 Å². The molecular formula is C21H37N5O. The zero-order valence-corrected chi connectivity index (χ0v) is 17.3. The van der Waals surface area contributed by atoms with Crippen molar-refractivity contribution in [2.45, 2.75) is 26.2 Å². The fraction of sp³-hybridized carbons (Fsp3) is 0.667. The van der Waals surface area contributed by atoms with Crippen LogP contribution >= 0.6 is 0 Å². The van der Waals surface area contributed by atoms with Gasteiger partial charge in [-0.1, -0.05) is 18.2 Å². The first-order valence-corrected chi connectivity index (χ1v) is 10.3. The van der Waals surface area contributed by atoms with Crippen molar-refractivity contribution >= 4 is 5.96 Å². The van der Waals surface area contributed by atoms with E-state index in [-0.39, 0.29) is 0 Å². The molecule has 1 heterocycles. The van der Waals surface area contributed by atoms with E-state index in [2.05, 4.69) is 46.5 Å². The summed E-state index contributed by atoms with van der Waals surface area (Å²) in [6.45, 7) is 10.6. The molecular weight excluding hydrogens is 338 g/mol. The zero-order chi connectivity index (χ0) is 19.3. The van der Waals surface area contributed by atoms with Gasteiger partial charge in [0.25, 0.3) is 0 Å². The Kier molecular flexibility index (Phi) is 10.0. The molecule has 0 atom stereocenters. The number of likely N-dealkylation sites (N-methyl/N-ethyl adjacent to an activating group) is 1. The van der Waals surface area contributed by atoms with E-state index >= 15 is 0 Å². The Morgan fingerprint density at radius 1 is 1.15 bits per heavy atom. The van der Waals surface area contributed by atoms with E-state index in [9.17, 15) is 0 Å². The van der Waals surface area contributed by atoms with Crippen molar-refractivity contribution in [1.82, 2.24) is 20.4 Å². The molecule has 6 nitrogen and oxygen atoms in total. The van der Waals surface area contributed by atoms with Gasteiger partial charge in [0.2, 0.25) is 0 Å². The minimum Gasteiger partial charge on any atom is -0.496 e. The molecule has 152 valence electrons. The van der Waals surface area contributed by atoms with E-state index in [0.29, 0.717) is 0 Å². The Balaban J connectivity index is 1.71. The summed E-state index contributed by atoms with van der Waals surface area (Å²) in [5.74, 6) is 1.85. The Labute approximate surface area is 165 Å². The number of benzene rings is 1. The van der Waals surface area contributed by atoms with E-state index in [4.69, 9.17) is 9.73 Å². The number of rotatable bonds is 9. The molecule has 2 N–H and O–H groups in total. The van der Waals surface area contributed by atoms with Gasteiger partial charge in [0, 0.05) is 32.7 Å². The summed E-state index contributed by atoms with van der Waals surface area (Å²) in [4.78, 5) is 9.73. The van der Waals surface area contributed by atoms with Gasteiger partial charge >= 0.3 is 0 Å². The topological polar surface area (TPSA) is 52.1 Å². The van der Waals surface area contributed by atoms with E-state index in [1.54, 1.807) is 7.11 Å². The number of nitrogens with zero attached hydrogens (tertiary/aromatic N) is 3. The summed E-state index contributed by atoms with van der Waals surface area (Å²) in [5, 5.41) is 6.78. The molecule has 0 bridgehead atoms. The molecule has 1 fully saturated rings. The van der Waals surface area contributed by atoms with Crippen LogP contribution in [0, 0.1) is 0 Å². The third kappa shape index (κ3) is 8.18. The predicted octanol–water partition coefficient (Wildman–Crippen LogP) is 1.82. The molecule has 0 amide bonds. The van der Waals surface area contributed by atoms with Crippen molar-refractivity contribution in [3.63, 3.8) is 0 Å². The molecule has 1 aromatic carbocycles. The first kappa shape index (κ1) is 21.5. The first-order chi connectivity index (χ1) is 13.2. The highest BCUT2D eigenvalue weighted by molar-refractivity contribution is 5.79. The summed E-state index contributed by atoms with van der Waals surface area (Å²) in [5.41, 5.74) is 1.22. The lowest BCUT2D eigenvalue weighted by Gasteiger charge is -2.19. The van der Waals surface area contributed by atoms with Gasteiger partial charge in [-0.25, -0.2) is 0 Å². The van der Waals surface area contributed by atoms with Gasteiger partial charge in [-0.15, -0.1) is 0 Å². The van der Waals surface area contributed by atoms with Crippen LogP contribution in [-0.2, 0) is 6.42 Å². The first-order valence-electron chi connectivity index (χ1n) is 10.3. The number of methoxy groups -OCH3 is 1. The minimum atomic E-state index is 0.838. The quantitative estimate of drug-likeness (QED) is 0.392. The molecule has 1 aromatic rings. The molecule has 0 radical (unpaired) electrons. The summed E-state index contributed by atoms with van der Waals surface area (Å²) >= 11 is 0. The minimum absolute atomic E-state index is 0.838. The van der Waals surface area contributed by atoms with Crippen LogP contribution in [0.2, 0.25) is 0 Å². The lowest BCUT2D eigenvalue weighted by molar-refractivity contribution is 0.275. The number of para-hydroxylation sites is 1. The number of guanidine groups is 1. The SMILES string of the molecule is CCNC(=NCCCN1CCCN(C)CC1)NCCc1ccccc1OC. The smallest absolute Gasteiger partial charge is 0.191 e. The summed E-state index contributed by atoms with van der Waals surface area (Å²) in [7, 11) is 3.94. The maximum atomic E-state index is 5.42. The Hall–Kier alpha value is -1.79. The summed E-state index contributed by atoms with van der Waals surface area (Å²) in [6, 6.07) is 8.18. The molecule has 2 rings (SSSR count). The van der Waals surface area contributed by atoms with Crippen molar-refractivity contribution in [2.75, 3.05) is 66.5 Å². The Bertz CT molecular complexity index is 563. The van der Waals surface area contributed by atoms with Crippen LogP contribution in [0.4, 0.5) is 0 Å². The number of ether oxygens (including phenoxy) is 1. The normalized spacial score (nSPS) is 16.8. The number of nitrogens with one attached hydrogen (secondary N) is 2. The molecule has 0 spiro atoms.